The molecule has 4 amide bonds. The summed E-state index contributed by atoms with van der Waals surface area (Å²) >= 11 is 0. The van der Waals surface area contributed by atoms with Gasteiger partial charge in [-0.05, 0) is 61.8 Å². The van der Waals surface area contributed by atoms with Crippen LogP contribution in [0, 0.1) is 5.92 Å². The molecular formula is C25H28N4O3. The molecule has 1 saturated carbocycles. The van der Waals surface area contributed by atoms with Crippen molar-refractivity contribution in [2.45, 2.75) is 44.6 Å². The Morgan fingerprint density at radius 3 is 2.53 bits per heavy atom. The number of nitrogens with one attached hydrogen (secondary N) is 2. The Hall–Kier alpha value is -3.35. The summed E-state index contributed by atoms with van der Waals surface area (Å²) in [5.41, 5.74) is 3.15. The molecule has 2 aromatic rings. The number of anilines is 3. The number of carbonyl (C=O) groups excluding carboxylic acids is 3. The fraction of sp³-hybridized carbons (Fsp3) is 0.400. The summed E-state index contributed by atoms with van der Waals surface area (Å²) in [6.07, 6.45) is 4.01. The van der Waals surface area contributed by atoms with Gasteiger partial charge < -0.3 is 15.5 Å². The minimum absolute atomic E-state index is 0.272. The summed E-state index contributed by atoms with van der Waals surface area (Å²) in [5.74, 6) is -0.101. The predicted molar refractivity (Wildman–Crippen MR) is 123 cm³/mol. The van der Waals surface area contributed by atoms with E-state index in [-0.39, 0.29) is 18.4 Å². The van der Waals surface area contributed by atoms with Crippen LogP contribution < -0.4 is 15.5 Å². The van der Waals surface area contributed by atoms with Gasteiger partial charge >= 0.3 is 6.03 Å². The Morgan fingerprint density at radius 1 is 1.06 bits per heavy atom. The first-order chi connectivity index (χ1) is 15.5. The zero-order valence-corrected chi connectivity index (χ0v) is 18.3. The smallest absolute Gasteiger partial charge is 0.325 e. The second kappa shape index (κ2) is 7.97. The number of amides is 4. The van der Waals surface area contributed by atoms with Crippen molar-refractivity contribution in [1.29, 1.82) is 0 Å². The quantitative estimate of drug-likeness (QED) is 0.720. The van der Waals surface area contributed by atoms with Gasteiger partial charge in [-0.15, -0.1) is 0 Å². The van der Waals surface area contributed by atoms with Gasteiger partial charge in [-0.25, -0.2) is 4.79 Å². The highest BCUT2D eigenvalue weighted by atomic mass is 16.2. The van der Waals surface area contributed by atoms with Crippen LogP contribution in [0.2, 0.25) is 0 Å². The highest BCUT2D eigenvalue weighted by Crippen LogP contribution is 2.39. The topological polar surface area (TPSA) is 81.8 Å². The van der Waals surface area contributed by atoms with Crippen LogP contribution in [0.3, 0.4) is 0 Å². The highest BCUT2D eigenvalue weighted by Gasteiger charge is 2.52. The average Bonchev–Trinajstić information content (AvgIpc) is 3.31. The Bertz CT molecular complexity index is 1070. The minimum Gasteiger partial charge on any atom is -0.339 e. The standard InChI is InChI=1S/C25H28N4O3/c1-17-10-13-25(14-11-17)23(31)29(24(32)27-25)16-22(30)26-19-7-3-5-9-21(19)28-15-12-18-6-2-4-8-20(18)28/h2-9,17H,10-16H2,1H3,(H,26,30)(H,27,32). The monoisotopic (exact) mass is 432 g/mol. The van der Waals surface area contributed by atoms with E-state index in [0.717, 1.165) is 42.1 Å². The number of urea groups is 1. The number of fused-ring (bicyclic) bond motifs is 1. The van der Waals surface area contributed by atoms with E-state index in [1.807, 2.05) is 36.4 Å². The second-order valence-corrected chi connectivity index (χ2v) is 9.18. The number of benzene rings is 2. The molecule has 3 aliphatic rings. The van der Waals surface area contributed by atoms with Gasteiger partial charge in [0, 0.05) is 12.2 Å². The average molecular weight is 433 g/mol. The number of para-hydroxylation sites is 3. The normalized spacial score (nSPS) is 24.6. The lowest BCUT2D eigenvalue weighted by molar-refractivity contribution is -0.135. The third kappa shape index (κ3) is 3.51. The van der Waals surface area contributed by atoms with Gasteiger partial charge in [0.25, 0.3) is 5.91 Å². The van der Waals surface area contributed by atoms with Gasteiger partial charge in [0.15, 0.2) is 0 Å². The molecule has 0 unspecified atom stereocenters. The molecule has 2 N–H and O–H groups in total. The number of carbonyl (C=O) groups is 3. The van der Waals surface area contributed by atoms with Crippen LogP contribution in [0.1, 0.15) is 38.2 Å². The molecule has 32 heavy (non-hydrogen) atoms. The maximum Gasteiger partial charge on any atom is 0.325 e. The molecule has 0 atom stereocenters. The Balaban J connectivity index is 1.31. The largest absolute Gasteiger partial charge is 0.339 e. The number of hydrogen-bond donors (Lipinski definition) is 2. The van der Waals surface area contributed by atoms with E-state index in [1.54, 1.807) is 0 Å². The first kappa shape index (κ1) is 20.5. The van der Waals surface area contributed by atoms with Crippen LogP contribution in [-0.4, -0.2) is 41.4 Å². The zero-order chi connectivity index (χ0) is 22.3. The molecule has 2 aliphatic heterocycles. The summed E-state index contributed by atoms with van der Waals surface area (Å²) in [6.45, 7) is 2.71. The van der Waals surface area contributed by atoms with E-state index in [4.69, 9.17) is 0 Å². The van der Waals surface area contributed by atoms with Crippen molar-refractivity contribution in [2.75, 3.05) is 23.3 Å². The third-order valence-electron chi connectivity index (χ3n) is 7.03. The van der Waals surface area contributed by atoms with Crippen LogP contribution >= 0.6 is 0 Å². The first-order valence-electron chi connectivity index (χ1n) is 11.4. The minimum atomic E-state index is -0.832. The summed E-state index contributed by atoms with van der Waals surface area (Å²) in [4.78, 5) is 41.8. The van der Waals surface area contributed by atoms with E-state index in [1.165, 1.54) is 5.56 Å². The molecule has 1 spiro atoms. The van der Waals surface area contributed by atoms with E-state index < -0.39 is 11.6 Å². The molecule has 1 aliphatic carbocycles. The maximum absolute atomic E-state index is 13.1. The Morgan fingerprint density at radius 2 is 1.75 bits per heavy atom. The van der Waals surface area contributed by atoms with Crippen LogP contribution in [0.25, 0.3) is 0 Å². The van der Waals surface area contributed by atoms with Crippen molar-refractivity contribution < 1.29 is 14.4 Å². The fourth-order valence-electron chi connectivity index (χ4n) is 5.15. The van der Waals surface area contributed by atoms with Gasteiger partial charge in [-0.2, -0.15) is 0 Å². The van der Waals surface area contributed by atoms with E-state index >= 15 is 0 Å². The van der Waals surface area contributed by atoms with E-state index in [2.05, 4.69) is 34.6 Å². The van der Waals surface area contributed by atoms with E-state index in [9.17, 15) is 14.4 Å². The van der Waals surface area contributed by atoms with Crippen LogP contribution in [0.15, 0.2) is 48.5 Å². The van der Waals surface area contributed by atoms with Gasteiger partial charge in [-0.1, -0.05) is 37.3 Å². The van der Waals surface area contributed by atoms with Gasteiger partial charge in [-0.3, -0.25) is 14.5 Å². The SMILES string of the molecule is CC1CCC2(CC1)NC(=O)N(CC(=O)Nc1ccccc1N1CCc3ccccc31)C2=O. The molecule has 166 valence electrons. The van der Waals surface area contributed by atoms with Crippen molar-refractivity contribution in [3.63, 3.8) is 0 Å². The molecule has 5 rings (SSSR count). The fourth-order valence-corrected chi connectivity index (χ4v) is 5.15. The van der Waals surface area contributed by atoms with Crippen molar-refractivity contribution in [2.24, 2.45) is 5.92 Å². The molecule has 0 aromatic heterocycles. The summed E-state index contributed by atoms with van der Waals surface area (Å²) in [5, 5.41) is 5.81. The Labute approximate surface area is 187 Å². The molecule has 2 heterocycles. The molecule has 0 radical (unpaired) electrons. The molecule has 2 fully saturated rings. The zero-order valence-electron chi connectivity index (χ0n) is 18.3. The molecule has 0 bridgehead atoms. The molecular weight excluding hydrogens is 404 g/mol. The van der Waals surface area contributed by atoms with Crippen LogP contribution in [0.4, 0.5) is 21.9 Å². The summed E-state index contributed by atoms with van der Waals surface area (Å²) < 4.78 is 0. The number of rotatable bonds is 4. The van der Waals surface area contributed by atoms with Gasteiger partial charge in [0.05, 0.1) is 11.4 Å². The maximum atomic E-state index is 13.1. The lowest BCUT2D eigenvalue weighted by Crippen LogP contribution is -2.49. The number of nitrogens with zero attached hydrogens (tertiary/aromatic N) is 2. The molecule has 2 aromatic carbocycles. The molecule has 7 heteroatoms. The highest BCUT2D eigenvalue weighted by molar-refractivity contribution is 6.10. The van der Waals surface area contributed by atoms with Crippen molar-refractivity contribution in [3.05, 3.63) is 54.1 Å². The number of imide groups is 1. The Kier molecular flexibility index (Phi) is 5.12. The molecule has 1 saturated heterocycles. The lowest BCUT2D eigenvalue weighted by Gasteiger charge is -2.33. The van der Waals surface area contributed by atoms with Crippen LogP contribution in [-0.2, 0) is 16.0 Å². The molecule has 7 nitrogen and oxygen atoms in total. The van der Waals surface area contributed by atoms with Gasteiger partial charge in [0.2, 0.25) is 5.91 Å². The van der Waals surface area contributed by atoms with E-state index in [0.29, 0.717) is 24.4 Å². The predicted octanol–water partition coefficient (Wildman–Crippen LogP) is 3.82. The van der Waals surface area contributed by atoms with Crippen molar-refractivity contribution in [1.82, 2.24) is 10.2 Å². The lowest BCUT2D eigenvalue weighted by atomic mass is 9.77. The van der Waals surface area contributed by atoms with Crippen LogP contribution in [0.5, 0.6) is 0 Å². The van der Waals surface area contributed by atoms with Crippen molar-refractivity contribution in [3.8, 4) is 0 Å². The van der Waals surface area contributed by atoms with Crippen molar-refractivity contribution >= 4 is 34.9 Å². The third-order valence-corrected chi connectivity index (χ3v) is 7.03. The summed E-state index contributed by atoms with van der Waals surface area (Å²) in [6, 6.07) is 15.4. The first-order valence-corrected chi connectivity index (χ1v) is 11.4. The van der Waals surface area contributed by atoms with Gasteiger partial charge in [0.1, 0.15) is 12.1 Å². The summed E-state index contributed by atoms with van der Waals surface area (Å²) in [7, 11) is 0. The second-order valence-electron chi connectivity index (χ2n) is 9.18. The number of hydrogen-bond acceptors (Lipinski definition) is 4.